The number of thioether (sulfide) groups is 1. The summed E-state index contributed by atoms with van der Waals surface area (Å²) in [5, 5.41) is 20.3. The van der Waals surface area contributed by atoms with Crippen molar-refractivity contribution in [1.82, 2.24) is 20.1 Å². The number of carboxylic acid groups (broad SMARTS) is 1. The summed E-state index contributed by atoms with van der Waals surface area (Å²) in [6, 6.07) is 8.44. The molecular formula is C16H20N4O3S. The molecule has 8 heteroatoms. The van der Waals surface area contributed by atoms with Crippen molar-refractivity contribution >= 4 is 23.6 Å². The predicted molar refractivity (Wildman–Crippen MR) is 90.8 cm³/mol. The maximum Gasteiger partial charge on any atom is 0.326 e. The smallest absolute Gasteiger partial charge is 0.326 e. The number of amides is 1. The van der Waals surface area contributed by atoms with Crippen molar-refractivity contribution in [2.24, 2.45) is 0 Å². The fraction of sp³-hybridized carbons (Fsp3) is 0.375. The number of hydrogen-bond donors (Lipinski definition) is 2. The van der Waals surface area contributed by atoms with Crippen molar-refractivity contribution in [3.05, 3.63) is 42.2 Å². The molecule has 24 heavy (non-hydrogen) atoms. The van der Waals surface area contributed by atoms with Crippen LogP contribution in [0.3, 0.4) is 0 Å². The molecule has 0 spiro atoms. The van der Waals surface area contributed by atoms with Crippen LogP contribution < -0.4 is 5.32 Å². The number of aliphatic carboxylic acids is 1. The Kier molecular flexibility index (Phi) is 6.36. The first-order valence-corrected chi connectivity index (χ1v) is 8.54. The zero-order valence-corrected chi connectivity index (χ0v) is 14.4. The van der Waals surface area contributed by atoms with Crippen molar-refractivity contribution in [3.8, 4) is 0 Å². The molecule has 0 aliphatic heterocycles. The second-order valence-electron chi connectivity index (χ2n) is 5.55. The Labute approximate surface area is 144 Å². The lowest BCUT2D eigenvalue weighted by Gasteiger charge is -2.15. The van der Waals surface area contributed by atoms with Gasteiger partial charge in [0.2, 0.25) is 5.91 Å². The van der Waals surface area contributed by atoms with Crippen molar-refractivity contribution in [1.29, 1.82) is 0 Å². The lowest BCUT2D eigenvalue weighted by atomic mass is 10.1. The van der Waals surface area contributed by atoms with Crippen LogP contribution in [-0.2, 0) is 16.0 Å². The van der Waals surface area contributed by atoms with Crippen LogP contribution in [0, 0.1) is 0 Å². The van der Waals surface area contributed by atoms with Gasteiger partial charge in [0.05, 0.1) is 5.75 Å². The quantitative estimate of drug-likeness (QED) is 0.706. The second kappa shape index (κ2) is 8.49. The number of nitrogens with one attached hydrogen (secondary N) is 1. The SMILES string of the molecule is CC(C)n1cnnc1SCC(=O)NC(Cc1ccccc1)C(=O)O. The Bertz CT molecular complexity index is 688. The summed E-state index contributed by atoms with van der Waals surface area (Å²) >= 11 is 1.23. The maximum absolute atomic E-state index is 12.1. The summed E-state index contributed by atoms with van der Waals surface area (Å²) in [7, 11) is 0. The Hall–Kier alpha value is -2.35. The monoisotopic (exact) mass is 348 g/mol. The molecule has 1 aromatic carbocycles. The average molecular weight is 348 g/mol. The summed E-state index contributed by atoms with van der Waals surface area (Å²) in [6.07, 6.45) is 1.86. The van der Waals surface area contributed by atoms with Gasteiger partial charge in [-0.1, -0.05) is 42.1 Å². The number of carbonyl (C=O) groups is 2. The lowest BCUT2D eigenvalue weighted by Crippen LogP contribution is -2.43. The van der Waals surface area contributed by atoms with Crippen molar-refractivity contribution in [3.63, 3.8) is 0 Å². The van der Waals surface area contributed by atoms with Gasteiger partial charge in [-0.25, -0.2) is 4.79 Å². The van der Waals surface area contributed by atoms with Gasteiger partial charge < -0.3 is 15.0 Å². The molecule has 1 heterocycles. The van der Waals surface area contributed by atoms with E-state index < -0.39 is 12.0 Å². The highest BCUT2D eigenvalue weighted by Gasteiger charge is 2.21. The largest absolute Gasteiger partial charge is 0.480 e. The van der Waals surface area contributed by atoms with E-state index in [4.69, 9.17) is 0 Å². The molecule has 0 bridgehead atoms. The van der Waals surface area contributed by atoms with Crippen LogP contribution >= 0.6 is 11.8 Å². The number of carboxylic acids is 1. The summed E-state index contributed by atoms with van der Waals surface area (Å²) < 4.78 is 1.86. The van der Waals surface area contributed by atoms with Gasteiger partial charge in [-0.3, -0.25) is 4.79 Å². The molecule has 1 aromatic heterocycles. The van der Waals surface area contributed by atoms with Gasteiger partial charge in [-0.05, 0) is 19.4 Å². The van der Waals surface area contributed by atoms with Gasteiger partial charge in [-0.2, -0.15) is 0 Å². The Morgan fingerprint density at radius 2 is 2.00 bits per heavy atom. The molecule has 1 amide bonds. The van der Waals surface area contributed by atoms with E-state index in [0.717, 1.165) is 5.56 Å². The number of benzene rings is 1. The van der Waals surface area contributed by atoms with Crippen molar-refractivity contribution in [2.75, 3.05) is 5.75 Å². The van der Waals surface area contributed by atoms with E-state index in [9.17, 15) is 14.7 Å². The van der Waals surface area contributed by atoms with Crippen LogP contribution in [0.25, 0.3) is 0 Å². The van der Waals surface area contributed by atoms with Crippen LogP contribution in [0.5, 0.6) is 0 Å². The summed E-state index contributed by atoms with van der Waals surface area (Å²) in [4.78, 5) is 23.4. The summed E-state index contributed by atoms with van der Waals surface area (Å²) in [6.45, 7) is 3.99. The molecule has 0 saturated carbocycles. The minimum Gasteiger partial charge on any atom is -0.480 e. The van der Waals surface area contributed by atoms with Crippen LogP contribution in [0.1, 0.15) is 25.5 Å². The average Bonchev–Trinajstić information content (AvgIpc) is 3.02. The molecular weight excluding hydrogens is 328 g/mol. The number of hydrogen-bond acceptors (Lipinski definition) is 5. The van der Waals surface area contributed by atoms with Crippen LogP contribution in [0.15, 0.2) is 41.8 Å². The molecule has 0 saturated heterocycles. The van der Waals surface area contributed by atoms with Crippen molar-refractivity contribution in [2.45, 2.75) is 37.5 Å². The molecule has 2 aromatic rings. The third-order valence-electron chi connectivity index (χ3n) is 3.34. The molecule has 7 nitrogen and oxygen atoms in total. The third kappa shape index (κ3) is 5.09. The van der Waals surface area contributed by atoms with E-state index in [1.54, 1.807) is 6.33 Å². The third-order valence-corrected chi connectivity index (χ3v) is 4.30. The zero-order chi connectivity index (χ0) is 17.5. The maximum atomic E-state index is 12.1. The van der Waals surface area contributed by atoms with Crippen molar-refractivity contribution < 1.29 is 14.7 Å². The number of aromatic nitrogens is 3. The minimum atomic E-state index is -1.05. The van der Waals surface area contributed by atoms with E-state index in [2.05, 4.69) is 15.5 Å². The van der Waals surface area contributed by atoms with E-state index in [0.29, 0.717) is 5.16 Å². The van der Waals surface area contributed by atoms with Gasteiger partial charge in [0.1, 0.15) is 12.4 Å². The van der Waals surface area contributed by atoms with E-state index >= 15 is 0 Å². The van der Waals surface area contributed by atoms with Gasteiger partial charge >= 0.3 is 5.97 Å². The van der Waals surface area contributed by atoms with Crippen LogP contribution in [0.4, 0.5) is 0 Å². The number of nitrogens with zero attached hydrogens (tertiary/aromatic N) is 3. The first kappa shape index (κ1) is 18.0. The number of carbonyl (C=O) groups excluding carboxylic acids is 1. The lowest BCUT2D eigenvalue weighted by molar-refractivity contribution is -0.141. The summed E-state index contributed by atoms with van der Waals surface area (Å²) in [5.74, 6) is -1.31. The normalized spacial score (nSPS) is 12.1. The highest BCUT2D eigenvalue weighted by Crippen LogP contribution is 2.18. The molecule has 0 aliphatic carbocycles. The van der Waals surface area contributed by atoms with E-state index in [-0.39, 0.29) is 24.1 Å². The molecule has 2 N–H and O–H groups in total. The Morgan fingerprint density at radius 3 is 2.62 bits per heavy atom. The second-order valence-corrected chi connectivity index (χ2v) is 6.49. The molecule has 0 radical (unpaired) electrons. The fourth-order valence-corrected chi connectivity index (χ4v) is 2.96. The number of rotatable bonds is 8. The van der Waals surface area contributed by atoms with E-state index in [1.807, 2.05) is 48.7 Å². The zero-order valence-electron chi connectivity index (χ0n) is 13.5. The Morgan fingerprint density at radius 1 is 1.29 bits per heavy atom. The van der Waals surface area contributed by atoms with Gasteiger partial charge in [0.15, 0.2) is 5.16 Å². The Balaban J connectivity index is 1.91. The van der Waals surface area contributed by atoms with Gasteiger partial charge in [-0.15, -0.1) is 10.2 Å². The highest BCUT2D eigenvalue weighted by molar-refractivity contribution is 7.99. The molecule has 1 unspecified atom stereocenters. The van der Waals surface area contributed by atoms with Crippen LogP contribution in [0.2, 0.25) is 0 Å². The minimum absolute atomic E-state index is 0.0873. The fourth-order valence-electron chi connectivity index (χ4n) is 2.11. The first-order chi connectivity index (χ1) is 11.5. The topological polar surface area (TPSA) is 97.1 Å². The van der Waals surface area contributed by atoms with E-state index in [1.165, 1.54) is 11.8 Å². The predicted octanol–water partition coefficient (Wildman–Crippen LogP) is 1.76. The van der Waals surface area contributed by atoms with Gasteiger partial charge in [0.25, 0.3) is 0 Å². The summed E-state index contributed by atoms with van der Waals surface area (Å²) in [5.41, 5.74) is 0.859. The van der Waals surface area contributed by atoms with Crippen LogP contribution in [-0.4, -0.2) is 43.5 Å². The first-order valence-electron chi connectivity index (χ1n) is 7.55. The molecule has 0 aliphatic rings. The molecule has 2 rings (SSSR count). The standard InChI is InChI=1S/C16H20N4O3S/c1-11(2)20-10-17-19-16(20)24-9-14(21)18-13(15(22)23)8-12-6-4-3-5-7-12/h3-7,10-11,13H,8-9H2,1-2H3,(H,18,21)(H,22,23). The molecule has 128 valence electrons. The molecule has 1 atom stereocenters. The molecule has 0 fully saturated rings. The highest BCUT2D eigenvalue weighted by atomic mass is 32.2. The van der Waals surface area contributed by atoms with Gasteiger partial charge in [0, 0.05) is 12.5 Å².